The van der Waals surface area contributed by atoms with Crippen molar-refractivity contribution >= 4 is 33.0 Å². The van der Waals surface area contributed by atoms with Crippen LogP contribution in [0.2, 0.25) is 0 Å². The molecule has 1 heterocycles. The number of hydrogen-bond donors (Lipinski definition) is 1. The van der Waals surface area contributed by atoms with E-state index in [9.17, 15) is 0 Å². The van der Waals surface area contributed by atoms with Gasteiger partial charge >= 0.3 is 0 Å². The summed E-state index contributed by atoms with van der Waals surface area (Å²) >= 11 is 5.25. The molecule has 0 saturated heterocycles. The summed E-state index contributed by atoms with van der Waals surface area (Å²) in [4.78, 5) is 3.62. The highest BCUT2D eigenvalue weighted by Crippen LogP contribution is 2.22. The topological polar surface area (TPSA) is 29.3 Å². The minimum absolute atomic E-state index is 0.867. The summed E-state index contributed by atoms with van der Waals surface area (Å²) in [5.74, 6) is 0. The highest BCUT2D eigenvalue weighted by atomic mass is 79.9. The Hall–Kier alpha value is -0.840. The molecule has 0 radical (unpaired) electrons. The van der Waals surface area contributed by atoms with Crippen LogP contribution in [0, 0.1) is 0 Å². The van der Waals surface area contributed by atoms with E-state index in [4.69, 9.17) is 5.73 Å². The van der Waals surface area contributed by atoms with Gasteiger partial charge in [-0.2, -0.15) is 0 Å². The SMILES string of the molecule is CN(Cc1cc(Br)cs1)Cc1ccccc1N. The summed E-state index contributed by atoms with van der Waals surface area (Å²) in [5.41, 5.74) is 7.99. The molecule has 17 heavy (non-hydrogen) atoms. The first-order valence-corrected chi connectivity index (χ1v) is 7.07. The molecule has 1 aromatic heterocycles. The van der Waals surface area contributed by atoms with E-state index in [1.54, 1.807) is 11.3 Å². The zero-order chi connectivity index (χ0) is 12.3. The van der Waals surface area contributed by atoms with Crippen LogP contribution in [-0.4, -0.2) is 11.9 Å². The summed E-state index contributed by atoms with van der Waals surface area (Å²) in [6, 6.07) is 10.2. The van der Waals surface area contributed by atoms with Crippen molar-refractivity contribution in [1.82, 2.24) is 4.90 Å². The molecule has 2 nitrogen and oxygen atoms in total. The maximum absolute atomic E-state index is 5.93. The quantitative estimate of drug-likeness (QED) is 0.872. The first-order chi connectivity index (χ1) is 8.15. The van der Waals surface area contributed by atoms with Crippen LogP contribution in [0.3, 0.4) is 0 Å². The molecule has 2 N–H and O–H groups in total. The Kier molecular flexibility index (Phi) is 4.20. The van der Waals surface area contributed by atoms with Gasteiger partial charge in [0, 0.05) is 33.5 Å². The molecule has 0 amide bonds. The second-order valence-electron chi connectivity index (χ2n) is 4.10. The van der Waals surface area contributed by atoms with Crippen molar-refractivity contribution in [1.29, 1.82) is 0 Å². The summed E-state index contributed by atoms with van der Waals surface area (Å²) in [5, 5.41) is 2.11. The van der Waals surface area contributed by atoms with Gasteiger partial charge in [-0.1, -0.05) is 18.2 Å². The zero-order valence-electron chi connectivity index (χ0n) is 9.69. The molecule has 0 spiro atoms. The van der Waals surface area contributed by atoms with E-state index < -0.39 is 0 Å². The molecular weight excluding hydrogens is 296 g/mol. The van der Waals surface area contributed by atoms with Gasteiger partial charge in [-0.15, -0.1) is 11.3 Å². The number of anilines is 1. The molecular formula is C13H15BrN2S. The first kappa shape index (κ1) is 12.6. The maximum atomic E-state index is 5.93. The monoisotopic (exact) mass is 310 g/mol. The largest absolute Gasteiger partial charge is 0.398 e. The van der Waals surface area contributed by atoms with Gasteiger partial charge in [-0.05, 0) is 40.7 Å². The summed E-state index contributed by atoms with van der Waals surface area (Å²) in [7, 11) is 2.11. The molecule has 2 rings (SSSR count). The molecule has 0 fully saturated rings. The van der Waals surface area contributed by atoms with Gasteiger partial charge in [0.15, 0.2) is 0 Å². The van der Waals surface area contributed by atoms with Crippen LogP contribution in [0.4, 0.5) is 5.69 Å². The molecule has 0 aliphatic heterocycles. The Morgan fingerprint density at radius 1 is 1.29 bits per heavy atom. The van der Waals surface area contributed by atoms with E-state index in [0.717, 1.165) is 23.2 Å². The number of nitrogens with two attached hydrogens (primary N) is 1. The van der Waals surface area contributed by atoms with E-state index >= 15 is 0 Å². The average Bonchev–Trinajstić information content (AvgIpc) is 2.67. The van der Waals surface area contributed by atoms with Gasteiger partial charge in [0.25, 0.3) is 0 Å². The highest BCUT2D eigenvalue weighted by Gasteiger charge is 2.05. The molecule has 0 saturated carbocycles. The van der Waals surface area contributed by atoms with Gasteiger partial charge in [-0.3, -0.25) is 4.90 Å². The summed E-state index contributed by atoms with van der Waals surface area (Å²) in [6.45, 7) is 1.83. The van der Waals surface area contributed by atoms with Crippen LogP contribution in [0.5, 0.6) is 0 Å². The molecule has 0 atom stereocenters. The van der Waals surface area contributed by atoms with Crippen LogP contribution in [0.1, 0.15) is 10.4 Å². The fraction of sp³-hybridized carbons (Fsp3) is 0.231. The van der Waals surface area contributed by atoms with E-state index in [2.05, 4.69) is 45.4 Å². The smallest absolute Gasteiger partial charge is 0.0359 e. The summed E-state index contributed by atoms with van der Waals surface area (Å²) in [6.07, 6.45) is 0. The third kappa shape index (κ3) is 3.56. The normalized spacial score (nSPS) is 11.0. The number of rotatable bonds is 4. The lowest BCUT2D eigenvalue weighted by atomic mass is 10.2. The van der Waals surface area contributed by atoms with E-state index in [-0.39, 0.29) is 0 Å². The Morgan fingerprint density at radius 2 is 2.06 bits per heavy atom. The molecule has 0 unspecified atom stereocenters. The number of nitrogen functional groups attached to an aromatic ring is 1. The molecule has 0 aliphatic carbocycles. The fourth-order valence-corrected chi connectivity index (χ4v) is 3.26. The second-order valence-corrected chi connectivity index (χ2v) is 6.01. The number of nitrogens with zero attached hydrogens (tertiary/aromatic N) is 1. The van der Waals surface area contributed by atoms with Crippen molar-refractivity contribution in [3.8, 4) is 0 Å². The average molecular weight is 311 g/mol. The Morgan fingerprint density at radius 3 is 2.71 bits per heavy atom. The predicted octanol–water partition coefficient (Wildman–Crippen LogP) is 3.72. The van der Waals surface area contributed by atoms with Gasteiger partial charge in [0.1, 0.15) is 0 Å². The van der Waals surface area contributed by atoms with Gasteiger partial charge in [0.2, 0.25) is 0 Å². The molecule has 0 aliphatic rings. The first-order valence-electron chi connectivity index (χ1n) is 5.40. The lowest BCUT2D eigenvalue weighted by molar-refractivity contribution is 0.322. The standard InChI is InChI=1S/C13H15BrN2S/c1-16(8-12-6-11(14)9-17-12)7-10-4-2-3-5-13(10)15/h2-6,9H,7-8,15H2,1H3. The number of halogens is 1. The van der Waals surface area contributed by atoms with E-state index in [1.807, 2.05) is 18.2 Å². The number of thiophene rings is 1. The van der Waals surface area contributed by atoms with Gasteiger partial charge in [0.05, 0.1) is 0 Å². The number of hydrogen-bond acceptors (Lipinski definition) is 3. The van der Waals surface area contributed by atoms with Crippen LogP contribution in [0.15, 0.2) is 40.2 Å². The third-order valence-electron chi connectivity index (χ3n) is 2.54. The van der Waals surface area contributed by atoms with Crippen molar-refractivity contribution < 1.29 is 0 Å². The lowest BCUT2D eigenvalue weighted by Crippen LogP contribution is -2.17. The Labute approximate surface area is 114 Å². The van der Waals surface area contributed by atoms with Crippen molar-refractivity contribution in [2.45, 2.75) is 13.1 Å². The fourth-order valence-electron chi connectivity index (χ4n) is 1.73. The third-order valence-corrected chi connectivity index (χ3v) is 4.23. The molecule has 4 heteroatoms. The van der Waals surface area contributed by atoms with Gasteiger partial charge in [-0.25, -0.2) is 0 Å². The Bertz CT molecular complexity index is 496. The van der Waals surface area contributed by atoms with Crippen molar-refractivity contribution in [2.24, 2.45) is 0 Å². The van der Waals surface area contributed by atoms with Crippen LogP contribution >= 0.6 is 27.3 Å². The number of para-hydroxylation sites is 1. The summed E-state index contributed by atoms with van der Waals surface area (Å²) < 4.78 is 1.16. The van der Waals surface area contributed by atoms with Crippen molar-refractivity contribution in [3.05, 3.63) is 50.6 Å². The minimum atomic E-state index is 0.867. The van der Waals surface area contributed by atoms with Crippen LogP contribution in [0.25, 0.3) is 0 Å². The van der Waals surface area contributed by atoms with Crippen molar-refractivity contribution in [3.63, 3.8) is 0 Å². The molecule has 90 valence electrons. The second kappa shape index (κ2) is 5.67. The van der Waals surface area contributed by atoms with E-state index in [0.29, 0.717) is 0 Å². The molecule has 1 aromatic carbocycles. The predicted molar refractivity (Wildman–Crippen MR) is 78.0 cm³/mol. The number of benzene rings is 1. The van der Waals surface area contributed by atoms with Crippen LogP contribution < -0.4 is 5.73 Å². The van der Waals surface area contributed by atoms with Gasteiger partial charge < -0.3 is 5.73 Å². The van der Waals surface area contributed by atoms with Crippen molar-refractivity contribution in [2.75, 3.05) is 12.8 Å². The molecule has 0 bridgehead atoms. The van der Waals surface area contributed by atoms with E-state index in [1.165, 1.54) is 10.4 Å². The highest BCUT2D eigenvalue weighted by molar-refractivity contribution is 9.10. The van der Waals surface area contributed by atoms with Crippen LogP contribution in [-0.2, 0) is 13.1 Å². The Balaban J connectivity index is 1.98. The zero-order valence-corrected chi connectivity index (χ0v) is 12.1. The lowest BCUT2D eigenvalue weighted by Gasteiger charge is -2.16. The minimum Gasteiger partial charge on any atom is -0.398 e. The maximum Gasteiger partial charge on any atom is 0.0359 e. The molecule has 2 aromatic rings.